The van der Waals surface area contributed by atoms with Crippen LogP contribution < -0.4 is 10.6 Å². The minimum atomic E-state index is 0.167. The highest BCUT2D eigenvalue weighted by molar-refractivity contribution is 5.37. The van der Waals surface area contributed by atoms with Crippen molar-refractivity contribution in [3.05, 3.63) is 17.9 Å². The fourth-order valence-electron chi connectivity index (χ4n) is 2.19. The number of piperidine rings is 1. The summed E-state index contributed by atoms with van der Waals surface area (Å²) in [4.78, 5) is 2.34. The minimum absolute atomic E-state index is 0.167. The van der Waals surface area contributed by atoms with Gasteiger partial charge in [0.05, 0.1) is 0 Å². The van der Waals surface area contributed by atoms with Gasteiger partial charge in [-0.05, 0) is 31.7 Å². The number of anilines is 1. The zero-order valence-corrected chi connectivity index (χ0v) is 10.3. The summed E-state index contributed by atoms with van der Waals surface area (Å²) >= 11 is 0. The van der Waals surface area contributed by atoms with Crippen molar-refractivity contribution < 1.29 is 4.42 Å². The number of rotatable bonds is 3. The van der Waals surface area contributed by atoms with Gasteiger partial charge in [0.1, 0.15) is 5.76 Å². The van der Waals surface area contributed by atoms with Gasteiger partial charge in [-0.2, -0.15) is 0 Å². The van der Waals surface area contributed by atoms with E-state index in [-0.39, 0.29) is 6.04 Å². The lowest BCUT2D eigenvalue weighted by Gasteiger charge is -2.29. The standard InChI is InChI=1S/C13H22N2O/c1-10-5-7-15(8-6-10)13-4-3-12(16-13)9-11(2)14/h3-4,10-11H,5-9,14H2,1-2H3. The molecule has 0 radical (unpaired) electrons. The summed E-state index contributed by atoms with van der Waals surface area (Å²) in [7, 11) is 0. The van der Waals surface area contributed by atoms with E-state index >= 15 is 0 Å². The van der Waals surface area contributed by atoms with Gasteiger partial charge in [0.2, 0.25) is 0 Å². The Morgan fingerprint density at radius 1 is 1.44 bits per heavy atom. The van der Waals surface area contributed by atoms with Crippen molar-refractivity contribution in [3.63, 3.8) is 0 Å². The van der Waals surface area contributed by atoms with Crippen LogP contribution >= 0.6 is 0 Å². The van der Waals surface area contributed by atoms with E-state index < -0.39 is 0 Å². The maximum Gasteiger partial charge on any atom is 0.195 e. The molecule has 1 aliphatic rings. The predicted molar refractivity (Wildman–Crippen MR) is 66.7 cm³/mol. The molecular formula is C13H22N2O. The molecule has 1 unspecified atom stereocenters. The Balaban J connectivity index is 1.96. The zero-order chi connectivity index (χ0) is 11.5. The SMILES string of the molecule is CC(N)Cc1ccc(N2CCC(C)CC2)o1. The molecule has 2 rings (SSSR count). The van der Waals surface area contributed by atoms with Crippen molar-refractivity contribution >= 4 is 5.88 Å². The smallest absolute Gasteiger partial charge is 0.195 e. The summed E-state index contributed by atoms with van der Waals surface area (Å²) in [5.41, 5.74) is 5.76. The van der Waals surface area contributed by atoms with Gasteiger partial charge in [0.15, 0.2) is 5.88 Å². The molecule has 3 heteroatoms. The molecule has 2 heterocycles. The Labute approximate surface area is 97.6 Å². The van der Waals surface area contributed by atoms with Gasteiger partial charge >= 0.3 is 0 Å². The highest BCUT2D eigenvalue weighted by Gasteiger charge is 2.18. The van der Waals surface area contributed by atoms with Crippen molar-refractivity contribution in [1.29, 1.82) is 0 Å². The number of nitrogens with zero attached hydrogens (tertiary/aromatic N) is 1. The molecule has 1 saturated heterocycles. The summed E-state index contributed by atoms with van der Waals surface area (Å²) in [5.74, 6) is 2.88. The van der Waals surface area contributed by atoms with E-state index in [0.717, 1.165) is 37.1 Å². The summed E-state index contributed by atoms with van der Waals surface area (Å²) in [6, 6.07) is 4.30. The summed E-state index contributed by atoms with van der Waals surface area (Å²) in [5, 5.41) is 0. The first kappa shape index (κ1) is 11.5. The number of hydrogen-bond acceptors (Lipinski definition) is 3. The number of hydrogen-bond donors (Lipinski definition) is 1. The second-order valence-electron chi connectivity index (χ2n) is 5.09. The van der Waals surface area contributed by atoms with Crippen LogP contribution in [0.25, 0.3) is 0 Å². The van der Waals surface area contributed by atoms with Crippen LogP contribution in [0.3, 0.4) is 0 Å². The number of furan rings is 1. The third kappa shape index (κ3) is 2.79. The van der Waals surface area contributed by atoms with Crippen LogP contribution in [0.2, 0.25) is 0 Å². The lowest BCUT2D eigenvalue weighted by molar-refractivity contribution is 0.408. The Bertz CT molecular complexity index is 324. The van der Waals surface area contributed by atoms with Gasteiger partial charge in [-0.3, -0.25) is 0 Å². The van der Waals surface area contributed by atoms with Crippen LogP contribution in [0.5, 0.6) is 0 Å². The molecule has 0 aliphatic carbocycles. The molecule has 0 saturated carbocycles. The van der Waals surface area contributed by atoms with Crippen molar-refractivity contribution in [2.45, 2.75) is 39.2 Å². The van der Waals surface area contributed by atoms with Crippen LogP contribution in [0.15, 0.2) is 16.5 Å². The lowest BCUT2D eigenvalue weighted by atomic mass is 9.99. The zero-order valence-electron chi connectivity index (χ0n) is 10.3. The molecule has 2 N–H and O–H groups in total. The van der Waals surface area contributed by atoms with Crippen LogP contribution in [0.1, 0.15) is 32.4 Å². The van der Waals surface area contributed by atoms with Gasteiger partial charge in [0, 0.05) is 31.6 Å². The van der Waals surface area contributed by atoms with Crippen molar-refractivity contribution in [2.24, 2.45) is 11.7 Å². The summed E-state index contributed by atoms with van der Waals surface area (Å²) in [6.07, 6.45) is 3.36. The Kier molecular flexibility index (Phi) is 3.54. The first-order chi connectivity index (χ1) is 7.65. The molecule has 1 aromatic heterocycles. The van der Waals surface area contributed by atoms with Crippen molar-refractivity contribution in [1.82, 2.24) is 0 Å². The second kappa shape index (κ2) is 4.91. The quantitative estimate of drug-likeness (QED) is 0.854. The van der Waals surface area contributed by atoms with Gasteiger partial charge < -0.3 is 15.1 Å². The molecule has 1 fully saturated rings. The predicted octanol–water partition coefficient (Wildman–Crippen LogP) is 2.41. The fraction of sp³-hybridized carbons (Fsp3) is 0.692. The van der Waals surface area contributed by atoms with Crippen LogP contribution in [0.4, 0.5) is 5.88 Å². The Morgan fingerprint density at radius 2 is 2.12 bits per heavy atom. The van der Waals surface area contributed by atoms with Gasteiger partial charge in [0.25, 0.3) is 0 Å². The van der Waals surface area contributed by atoms with Crippen LogP contribution in [-0.4, -0.2) is 19.1 Å². The molecule has 0 spiro atoms. The molecule has 16 heavy (non-hydrogen) atoms. The van der Waals surface area contributed by atoms with E-state index in [1.54, 1.807) is 0 Å². The summed E-state index contributed by atoms with van der Waals surface area (Å²) < 4.78 is 5.82. The molecule has 1 aliphatic heterocycles. The van der Waals surface area contributed by atoms with Crippen molar-refractivity contribution in [2.75, 3.05) is 18.0 Å². The van der Waals surface area contributed by atoms with Crippen LogP contribution in [0, 0.1) is 5.92 Å². The van der Waals surface area contributed by atoms with E-state index in [4.69, 9.17) is 10.2 Å². The average molecular weight is 222 g/mol. The molecule has 0 amide bonds. The molecule has 1 atom stereocenters. The Morgan fingerprint density at radius 3 is 2.75 bits per heavy atom. The van der Waals surface area contributed by atoms with Crippen molar-refractivity contribution in [3.8, 4) is 0 Å². The first-order valence-corrected chi connectivity index (χ1v) is 6.24. The van der Waals surface area contributed by atoms with E-state index in [1.807, 2.05) is 6.92 Å². The molecular weight excluding hydrogens is 200 g/mol. The average Bonchev–Trinajstić information content (AvgIpc) is 2.66. The third-order valence-electron chi connectivity index (χ3n) is 3.27. The Hall–Kier alpha value is -0.960. The number of nitrogens with two attached hydrogens (primary N) is 1. The molecule has 1 aromatic rings. The van der Waals surface area contributed by atoms with Gasteiger partial charge in [-0.1, -0.05) is 6.92 Å². The highest BCUT2D eigenvalue weighted by Crippen LogP contribution is 2.25. The minimum Gasteiger partial charge on any atom is -0.446 e. The molecule has 0 aromatic carbocycles. The molecule has 3 nitrogen and oxygen atoms in total. The molecule has 0 bridgehead atoms. The van der Waals surface area contributed by atoms with Gasteiger partial charge in [-0.25, -0.2) is 0 Å². The van der Waals surface area contributed by atoms with E-state index in [0.29, 0.717) is 0 Å². The second-order valence-corrected chi connectivity index (χ2v) is 5.09. The monoisotopic (exact) mass is 222 g/mol. The topological polar surface area (TPSA) is 42.4 Å². The maximum atomic E-state index is 5.82. The van der Waals surface area contributed by atoms with E-state index in [1.165, 1.54) is 12.8 Å². The van der Waals surface area contributed by atoms with Gasteiger partial charge in [-0.15, -0.1) is 0 Å². The molecule has 90 valence electrons. The largest absolute Gasteiger partial charge is 0.446 e. The maximum absolute atomic E-state index is 5.82. The summed E-state index contributed by atoms with van der Waals surface area (Å²) in [6.45, 7) is 6.56. The lowest BCUT2D eigenvalue weighted by Crippen LogP contribution is -2.32. The third-order valence-corrected chi connectivity index (χ3v) is 3.27. The van der Waals surface area contributed by atoms with E-state index in [9.17, 15) is 0 Å². The fourth-order valence-corrected chi connectivity index (χ4v) is 2.19. The first-order valence-electron chi connectivity index (χ1n) is 6.24. The highest BCUT2D eigenvalue weighted by atomic mass is 16.4. The van der Waals surface area contributed by atoms with Crippen LogP contribution in [-0.2, 0) is 6.42 Å². The van der Waals surface area contributed by atoms with E-state index in [2.05, 4.69) is 24.0 Å². The normalized spacial score (nSPS) is 20.1.